The van der Waals surface area contributed by atoms with Crippen molar-refractivity contribution < 1.29 is 13.2 Å². The maximum absolute atomic E-state index is 12.3. The molecule has 2 rings (SSSR count). The third kappa shape index (κ3) is 1.61. The highest BCUT2D eigenvalue weighted by Gasteiger charge is 2.32. The zero-order valence-electron chi connectivity index (χ0n) is 6.69. The smallest absolute Gasteiger partial charge is 0.336 e. The highest BCUT2D eigenvalue weighted by Crippen LogP contribution is 2.31. The van der Waals surface area contributed by atoms with E-state index in [9.17, 15) is 13.2 Å². The van der Waals surface area contributed by atoms with Crippen LogP contribution in [-0.2, 0) is 6.18 Å². The number of aromatic nitrogens is 2. The van der Waals surface area contributed by atoms with Gasteiger partial charge in [0.25, 0.3) is 0 Å². The fraction of sp³-hybridized carbons (Fsp3) is 0.125. The summed E-state index contributed by atoms with van der Waals surface area (Å²) in [6.07, 6.45) is -2.91. The summed E-state index contributed by atoms with van der Waals surface area (Å²) >= 11 is 3.13. The van der Waals surface area contributed by atoms with Gasteiger partial charge in [-0.05, 0) is 28.1 Å². The van der Waals surface area contributed by atoms with Gasteiger partial charge in [0.05, 0.1) is 0 Å². The summed E-state index contributed by atoms with van der Waals surface area (Å²) in [6, 6.07) is 2.61. The molecule has 0 fully saturated rings. The van der Waals surface area contributed by atoms with Crippen LogP contribution in [0, 0.1) is 0 Å². The van der Waals surface area contributed by atoms with Crippen molar-refractivity contribution in [2.45, 2.75) is 6.18 Å². The van der Waals surface area contributed by atoms with Crippen molar-refractivity contribution in [1.82, 2.24) is 9.97 Å². The summed E-state index contributed by atoms with van der Waals surface area (Å²) in [5.41, 5.74) is -0.543. The van der Waals surface area contributed by atoms with Crippen LogP contribution in [0.25, 0.3) is 11.0 Å². The number of halogens is 4. The van der Waals surface area contributed by atoms with Crippen molar-refractivity contribution in [2.75, 3.05) is 0 Å². The van der Waals surface area contributed by atoms with Gasteiger partial charge in [-0.3, -0.25) is 0 Å². The van der Waals surface area contributed by atoms with Crippen molar-refractivity contribution in [1.29, 1.82) is 0 Å². The lowest BCUT2D eigenvalue weighted by Gasteiger charge is -2.00. The summed E-state index contributed by atoms with van der Waals surface area (Å²) < 4.78 is 37.4. The molecule has 0 atom stereocenters. The predicted octanol–water partition coefficient (Wildman–Crippen LogP) is 3.34. The largest absolute Gasteiger partial charge is 0.431 e. The van der Waals surface area contributed by atoms with E-state index in [1.54, 1.807) is 6.07 Å². The third-order valence-corrected chi connectivity index (χ3v) is 2.18. The monoisotopic (exact) mass is 264 g/mol. The topological polar surface area (TPSA) is 28.7 Å². The van der Waals surface area contributed by atoms with E-state index < -0.39 is 11.9 Å². The number of alkyl halides is 3. The van der Waals surface area contributed by atoms with Gasteiger partial charge in [-0.1, -0.05) is 0 Å². The lowest BCUT2D eigenvalue weighted by molar-refractivity contribution is -0.140. The molecule has 6 heteroatoms. The van der Waals surface area contributed by atoms with E-state index >= 15 is 0 Å². The van der Waals surface area contributed by atoms with Crippen LogP contribution in [0.5, 0.6) is 0 Å². The minimum absolute atomic E-state index is 0.237. The van der Waals surface area contributed by atoms with E-state index in [0.717, 1.165) is 6.07 Å². The van der Waals surface area contributed by atoms with Crippen molar-refractivity contribution in [3.8, 4) is 0 Å². The average molecular weight is 265 g/mol. The number of H-pyrrole nitrogens is 1. The second-order valence-corrected chi connectivity index (χ2v) is 3.69. The summed E-state index contributed by atoms with van der Waals surface area (Å²) in [4.78, 5) is 6.02. The number of hydrogen-bond donors (Lipinski definition) is 1. The van der Waals surface area contributed by atoms with E-state index in [-0.39, 0.29) is 5.65 Å². The Bertz CT molecular complexity index is 475. The molecule has 74 valence electrons. The first kappa shape index (κ1) is 9.51. The standard InChI is InChI=1S/C8H4BrF3N2/c9-5-1-4-2-6(8(10,11)12)14-7(4)13-3-5/h1-3H,(H,13,14). The zero-order chi connectivity index (χ0) is 10.3. The number of rotatable bonds is 0. The molecule has 0 aliphatic rings. The molecule has 0 saturated carbocycles. The first-order chi connectivity index (χ1) is 6.47. The Labute approximate surface area is 85.3 Å². The molecule has 0 aliphatic carbocycles. The fourth-order valence-electron chi connectivity index (χ4n) is 1.14. The Kier molecular flexibility index (Phi) is 2.02. The Morgan fingerprint density at radius 3 is 2.64 bits per heavy atom. The van der Waals surface area contributed by atoms with Gasteiger partial charge < -0.3 is 4.98 Å². The molecule has 0 unspecified atom stereocenters. The van der Waals surface area contributed by atoms with Gasteiger partial charge in [-0.15, -0.1) is 0 Å². The zero-order valence-corrected chi connectivity index (χ0v) is 8.28. The minimum Gasteiger partial charge on any atom is -0.336 e. The average Bonchev–Trinajstić information content (AvgIpc) is 2.45. The lowest BCUT2D eigenvalue weighted by atomic mass is 10.3. The van der Waals surface area contributed by atoms with E-state index in [0.29, 0.717) is 9.86 Å². The molecule has 0 saturated heterocycles. The predicted molar refractivity (Wildman–Crippen MR) is 48.8 cm³/mol. The van der Waals surface area contributed by atoms with Crippen LogP contribution >= 0.6 is 15.9 Å². The summed E-state index contributed by atoms with van der Waals surface area (Å²) in [7, 11) is 0. The second kappa shape index (κ2) is 2.98. The molecule has 0 aliphatic heterocycles. The maximum Gasteiger partial charge on any atom is 0.431 e. The summed E-state index contributed by atoms with van der Waals surface area (Å²) in [5.74, 6) is 0. The fourth-order valence-corrected chi connectivity index (χ4v) is 1.49. The van der Waals surface area contributed by atoms with Crippen LogP contribution in [0.4, 0.5) is 13.2 Å². The first-order valence-corrected chi connectivity index (χ1v) is 4.47. The van der Waals surface area contributed by atoms with Crippen molar-refractivity contribution >= 4 is 27.0 Å². The molecular weight excluding hydrogens is 261 g/mol. The Balaban J connectivity index is 2.63. The van der Waals surface area contributed by atoms with Gasteiger partial charge in [-0.2, -0.15) is 13.2 Å². The van der Waals surface area contributed by atoms with Gasteiger partial charge in [0.15, 0.2) is 0 Å². The Morgan fingerprint density at radius 1 is 1.29 bits per heavy atom. The lowest BCUT2D eigenvalue weighted by Crippen LogP contribution is -2.04. The van der Waals surface area contributed by atoms with Crippen LogP contribution in [0.2, 0.25) is 0 Å². The van der Waals surface area contributed by atoms with E-state index in [1.165, 1.54) is 6.20 Å². The van der Waals surface area contributed by atoms with Crippen LogP contribution in [0.1, 0.15) is 5.69 Å². The van der Waals surface area contributed by atoms with Crippen molar-refractivity contribution in [3.63, 3.8) is 0 Å². The van der Waals surface area contributed by atoms with Gasteiger partial charge >= 0.3 is 6.18 Å². The van der Waals surface area contributed by atoms with E-state index in [2.05, 4.69) is 25.9 Å². The Hall–Kier alpha value is -1.04. The van der Waals surface area contributed by atoms with Crippen LogP contribution in [0.3, 0.4) is 0 Å². The number of fused-ring (bicyclic) bond motifs is 1. The molecule has 0 radical (unpaired) electrons. The molecular formula is C8H4BrF3N2. The number of nitrogens with zero attached hydrogens (tertiary/aromatic N) is 1. The highest BCUT2D eigenvalue weighted by atomic mass is 79.9. The van der Waals surface area contributed by atoms with Crippen LogP contribution in [0.15, 0.2) is 22.8 Å². The van der Waals surface area contributed by atoms with Gasteiger partial charge in [0, 0.05) is 16.1 Å². The maximum atomic E-state index is 12.3. The summed E-state index contributed by atoms with van der Waals surface area (Å²) in [6.45, 7) is 0. The van der Waals surface area contributed by atoms with Crippen LogP contribution in [-0.4, -0.2) is 9.97 Å². The molecule has 14 heavy (non-hydrogen) atoms. The molecule has 0 amide bonds. The molecule has 0 spiro atoms. The third-order valence-electron chi connectivity index (χ3n) is 1.74. The van der Waals surface area contributed by atoms with Crippen molar-refractivity contribution in [2.24, 2.45) is 0 Å². The number of nitrogens with one attached hydrogen (secondary N) is 1. The molecule has 2 aromatic heterocycles. The van der Waals surface area contributed by atoms with E-state index in [4.69, 9.17) is 0 Å². The molecule has 2 nitrogen and oxygen atoms in total. The molecule has 0 aromatic carbocycles. The van der Waals surface area contributed by atoms with Gasteiger partial charge in [0.2, 0.25) is 0 Å². The second-order valence-electron chi connectivity index (χ2n) is 2.77. The van der Waals surface area contributed by atoms with Gasteiger partial charge in [0.1, 0.15) is 11.3 Å². The van der Waals surface area contributed by atoms with Crippen LogP contribution < -0.4 is 0 Å². The first-order valence-electron chi connectivity index (χ1n) is 3.68. The quantitative estimate of drug-likeness (QED) is 0.777. The summed E-state index contributed by atoms with van der Waals surface area (Å²) in [5, 5.41) is 0.437. The van der Waals surface area contributed by atoms with E-state index in [1.807, 2.05) is 0 Å². The SMILES string of the molecule is FC(F)(F)c1cc2cc(Br)cnc2[nH]1. The normalized spacial score (nSPS) is 12.3. The van der Waals surface area contributed by atoms with Gasteiger partial charge in [-0.25, -0.2) is 4.98 Å². The number of pyridine rings is 1. The molecule has 1 N–H and O–H groups in total. The number of hydrogen-bond acceptors (Lipinski definition) is 1. The van der Waals surface area contributed by atoms with Crippen molar-refractivity contribution in [3.05, 3.63) is 28.5 Å². The molecule has 2 heterocycles. The molecule has 2 aromatic rings. The highest BCUT2D eigenvalue weighted by molar-refractivity contribution is 9.10. The minimum atomic E-state index is -4.35. The Morgan fingerprint density at radius 2 is 2.00 bits per heavy atom. The molecule has 0 bridgehead atoms. The number of aromatic amines is 1.